The first-order valence-corrected chi connectivity index (χ1v) is 10.6. The van der Waals surface area contributed by atoms with Crippen LogP contribution in [0.15, 0.2) is 58.4 Å². The molecule has 0 spiro atoms. The Bertz CT molecular complexity index is 1160. The highest BCUT2D eigenvalue weighted by molar-refractivity contribution is 7.99. The number of rotatable bonds is 9. The van der Waals surface area contributed by atoms with Gasteiger partial charge in [0.25, 0.3) is 5.89 Å². The molecule has 0 bridgehead atoms. The third kappa shape index (κ3) is 4.98. The molecule has 31 heavy (non-hydrogen) atoms. The SMILES string of the molecule is COCCn1c(SCC(=O)c2nnc(-c3ccc(Cl)cc3)o2)nnc1-c1ccncc1. The van der Waals surface area contributed by atoms with Crippen molar-refractivity contribution in [1.29, 1.82) is 0 Å². The predicted octanol–water partition coefficient (Wildman–Crippen LogP) is 3.66. The van der Waals surface area contributed by atoms with Crippen LogP contribution in [0.2, 0.25) is 5.02 Å². The normalized spacial score (nSPS) is 11.0. The summed E-state index contributed by atoms with van der Waals surface area (Å²) in [7, 11) is 1.63. The average Bonchev–Trinajstić information content (AvgIpc) is 3.45. The molecule has 0 aliphatic heterocycles. The number of hydrogen-bond acceptors (Lipinski definition) is 9. The molecule has 3 aromatic heterocycles. The van der Waals surface area contributed by atoms with E-state index < -0.39 is 0 Å². The van der Waals surface area contributed by atoms with Gasteiger partial charge in [0.15, 0.2) is 11.0 Å². The van der Waals surface area contributed by atoms with Crippen molar-refractivity contribution in [3.63, 3.8) is 0 Å². The van der Waals surface area contributed by atoms with Crippen LogP contribution in [0.1, 0.15) is 10.7 Å². The third-order valence-electron chi connectivity index (χ3n) is 4.26. The van der Waals surface area contributed by atoms with Gasteiger partial charge in [0, 0.05) is 35.7 Å². The largest absolute Gasteiger partial charge is 0.414 e. The van der Waals surface area contributed by atoms with Gasteiger partial charge in [0.1, 0.15) is 0 Å². The summed E-state index contributed by atoms with van der Waals surface area (Å²) in [6, 6.07) is 10.6. The molecule has 158 valence electrons. The summed E-state index contributed by atoms with van der Waals surface area (Å²) in [5.74, 6) is 0.647. The summed E-state index contributed by atoms with van der Waals surface area (Å²) >= 11 is 7.14. The molecule has 4 rings (SSSR count). The van der Waals surface area contributed by atoms with E-state index in [4.69, 9.17) is 20.8 Å². The Hall–Kier alpha value is -3.08. The lowest BCUT2D eigenvalue weighted by Crippen LogP contribution is -2.09. The van der Waals surface area contributed by atoms with Gasteiger partial charge < -0.3 is 9.15 Å². The standard InChI is InChI=1S/C20H17ClN6O3S/c1-29-11-10-27-17(13-6-8-22-9-7-13)23-26-20(27)31-12-16(28)19-25-24-18(30-19)14-2-4-15(21)5-3-14/h2-9H,10-12H2,1H3. The minimum absolute atomic E-state index is 0.0604. The first-order valence-electron chi connectivity index (χ1n) is 9.23. The Morgan fingerprint density at radius 2 is 1.84 bits per heavy atom. The molecule has 0 aliphatic carbocycles. The quantitative estimate of drug-likeness (QED) is 0.275. The lowest BCUT2D eigenvalue weighted by atomic mass is 10.2. The van der Waals surface area contributed by atoms with Crippen molar-refractivity contribution in [3.05, 3.63) is 59.7 Å². The van der Waals surface area contributed by atoms with Crippen molar-refractivity contribution in [2.75, 3.05) is 19.5 Å². The van der Waals surface area contributed by atoms with Crippen molar-refractivity contribution in [2.45, 2.75) is 11.7 Å². The zero-order valence-electron chi connectivity index (χ0n) is 16.4. The van der Waals surface area contributed by atoms with E-state index in [0.717, 1.165) is 5.56 Å². The minimum Gasteiger partial charge on any atom is -0.414 e. The maximum atomic E-state index is 12.6. The number of benzene rings is 1. The summed E-state index contributed by atoms with van der Waals surface area (Å²) < 4.78 is 12.6. The van der Waals surface area contributed by atoms with Gasteiger partial charge >= 0.3 is 0 Å². The topological polar surface area (TPSA) is 109 Å². The van der Waals surface area contributed by atoms with Crippen LogP contribution in [0.25, 0.3) is 22.8 Å². The number of thioether (sulfide) groups is 1. The highest BCUT2D eigenvalue weighted by atomic mass is 35.5. The van der Waals surface area contributed by atoms with Gasteiger partial charge in [-0.3, -0.25) is 14.3 Å². The fourth-order valence-corrected chi connectivity index (χ4v) is 3.67. The molecule has 9 nitrogen and oxygen atoms in total. The Labute approximate surface area is 186 Å². The van der Waals surface area contributed by atoms with Crippen LogP contribution in [-0.4, -0.2) is 55.2 Å². The van der Waals surface area contributed by atoms with Crippen molar-refractivity contribution in [3.8, 4) is 22.8 Å². The maximum absolute atomic E-state index is 12.6. The second-order valence-corrected chi connectivity index (χ2v) is 7.70. The van der Waals surface area contributed by atoms with Crippen LogP contribution in [-0.2, 0) is 11.3 Å². The fraction of sp³-hybridized carbons (Fsp3) is 0.200. The summed E-state index contributed by atoms with van der Waals surface area (Å²) in [6.45, 7) is 1.02. The molecule has 0 fully saturated rings. The first kappa shape index (κ1) is 21.2. The highest BCUT2D eigenvalue weighted by Crippen LogP contribution is 2.25. The monoisotopic (exact) mass is 456 g/mol. The van der Waals surface area contributed by atoms with Gasteiger partial charge in [-0.1, -0.05) is 23.4 Å². The molecule has 0 radical (unpaired) electrons. The molecule has 0 aliphatic rings. The summed E-state index contributed by atoms with van der Waals surface area (Å²) in [5.41, 5.74) is 1.56. The highest BCUT2D eigenvalue weighted by Gasteiger charge is 2.19. The number of aromatic nitrogens is 6. The van der Waals surface area contributed by atoms with Crippen molar-refractivity contribution < 1.29 is 13.9 Å². The van der Waals surface area contributed by atoms with Crippen LogP contribution < -0.4 is 0 Å². The van der Waals surface area contributed by atoms with E-state index in [1.807, 2.05) is 16.7 Å². The van der Waals surface area contributed by atoms with E-state index in [2.05, 4.69) is 25.4 Å². The van der Waals surface area contributed by atoms with Gasteiger partial charge in [0.05, 0.1) is 18.9 Å². The number of nitrogens with zero attached hydrogens (tertiary/aromatic N) is 6. The van der Waals surface area contributed by atoms with Gasteiger partial charge in [-0.25, -0.2) is 0 Å². The summed E-state index contributed by atoms with van der Waals surface area (Å²) in [6.07, 6.45) is 3.38. The molecule has 0 saturated heterocycles. The fourth-order valence-electron chi connectivity index (χ4n) is 2.73. The molecule has 0 atom stereocenters. The maximum Gasteiger partial charge on any atom is 0.285 e. The zero-order valence-corrected chi connectivity index (χ0v) is 18.0. The number of pyridine rings is 1. The van der Waals surface area contributed by atoms with Crippen molar-refractivity contribution in [2.24, 2.45) is 0 Å². The number of hydrogen-bond donors (Lipinski definition) is 0. The summed E-state index contributed by atoms with van der Waals surface area (Å²) in [5, 5.41) is 17.5. The molecule has 4 aromatic rings. The van der Waals surface area contributed by atoms with E-state index in [1.165, 1.54) is 11.8 Å². The Morgan fingerprint density at radius 3 is 2.58 bits per heavy atom. The zero-order chi connectivity index (χ0) is 21.6. The average molecular weight is 457 g/mol. The summed E-state index contributed by atoms with van der Waals surface area (Å²) in [4.78, 5) is 16.6. The molecule has 1 aromatic carbocycles. The number of ether oxygens (including phenoxy) is 1. The lowest BCUT2D eigenvalue weighted by molar-refractivity contribution is 0.0986. The van der Waals surface area contributed by atoms with E-state index in [1.54, 1.807) is 43.8 Å². The van der Waals surface area contributed by atoms with Crippen LogP contribution in [0.5, 0.6) is 0 Å². The molecule has 3 heterocycles. The molecule has 0 saturated carbocycles. The Kier molecular flexibility index (Phi) is 6.70. The van der Waals surface area contributed by atoms with E-state index >= 15 is 0 Å². The van der Waals surface area contributed by atoms with Crippen molar-refractivity contribution >= 4 is 29.1 Å². The van der Waals surface area contributed by atoms with Gasteiger partial charge in [-0.05, 0) is 36.4 Å². The molecular formula is C20H17ClN6O3S. The van der Waals surface area contributed by atoms with Gasteiger partial charge in [-0.2, -0.15) is 0 Å². The minimum atomic E-state index is -0.301. The van der Waals surface area contributed by atoms with Crippen LogP contribution in [0.4, 0.5) is 0 Å². The smallest absolute Gasteiger partial charge is 0.285 e. The van der Waals surface area contributed by atoms with Crippen LogP contribution >= 0.6 is 23.4 Å². The second-order valence-electron chi connectivity index (χ2n) is 6.32. The number of ketones is 1. The molecule has 0 unspecified atom stereocenters. The predicted molar refractivity (Wildman–Crippen MR) is 115 cm³/mol. The lowest BCUT2D eigenvalue weighted by Gasteiger charge is -2.09. The number of carbonyl (C=O) groups excluding carboxylic acids is 1. The van der Waals surface area contributed by atoms with Crippen molar-refractivity contribution in [1.82, 2.24) is 29.9 Å². The molecular weight excluding hydrogens is 440 g/mol. The second kappa shape index (κ2) is 9.82. The first-order chi connectivity index (χ1) is 15.2. The van der Waals surface area contributed by atoms with Gasteiger partial charge in [0.2, 0.25) is 11.7 Å². The third-order valence-corrected chi connectivity index (χ3v) is 5.48. The number of carbonyl (C=O) groups is 1. The molecule has 0 amide bonds. The Balaban J connectivity index is 1.48. The number of methoxy groups -OCH3 is 1. The number of halogens is 1. The van der Waals surface area contributed by atoms with Gasteiger partial charge in [-0.15, -0.1) is 20.4 Å². The van der Waals surface area contributed by atoms with E-state index in [0.29, 0.717) is 34.7 Å². The Morgan fingerprint density at radius 1 is 1.06 bits per heavy atom. The van der Waals surface area contributed by atoms with E-state index in [-0.39, 0.29) is 23.3 Å². The molecule has 0 N–H and O–H groups in total. The van der Waals surface area contributed by atoms with E-state index in [9.17, 15) is 4.79 Å². The number of Topliss-reactive ketones (excluding diaryl/α,β-unsaturated/α-hetero) is 1. The van der Waals surface area contributed by atoms with Crippen LogP contribution in [0.3, 0.4) is 0 Å². The van der Waals surface area contributed by atoms with Crippen LogP contribution in [0, 0.1) is 0 Å². The molecule has 11 heteroatoms.